The van der Waals surface area contributed by atoms with Crippen molar-refractivity contribution in [2.45, 2.75) is 32.2 Å². The molecule has 0 heterocycles. The highest BCUT2D eigenvalue weighted by Gasteiger charge is 2.32. The Hall–Kier alpha value is -4.34. The van der Waals surface area contributed by atoms with E-state index in [9.17, 15) is 35.1 Å². The van der Waals surface area contributed by atoms with Gasteiger partial charge in [-0.15, -0.1) is 13.2 Å². The maximum Gasteiger partial charge on any atom is 0.573 e. The van der Waals surface area contributed by atoms with Gasteiger partial charge in [0.15, 0.2) is 11.6 Å². The van der Waals surface area contributed by atoms with Crippen LogP contribution in [0.1, 0.15) is 24.5 Å². The summed E-state index contributed by atoms with van der Waals surface area (Å²) in [7, 11) is 0. The molecule has 0 aromatic heterocycles. The van der Waals surface area contributed by atoms with Crippen molar-refractivity contribution in [3.8, 4) is 33.8 Å². The minimum Gasteiger partial charge on any atom is -0.429 e. The summed E-state index contributed by atoms with van der Waals surface area (Å²) in [5.41, 5.74) is 1.92. The molecule has 0 aliphatic heterocycles. The van der Waals surface area contributed by atoms with E-state index in [1.165, 1.54) is 12.1 Å². The summed E-state index contributed by atoms with van der Waals surface area (Å²) in [5, 5.41) is 0. The van der Waals surface area contributed by atoms with Crippen molar-refractivity contribution in [3.05, 3.63) is 114 Å². The number of halogens is 8. The van der Waals surface area contributed by atoms with Crippen molar-refractivity contribution in [2.24, 2.45) is 0 Å². The van der Waals surface area contributed by atoms with Crippen molar-refractivity contribution < 1.29 is 44.6 Å². The Morgan fingerprint density at radius 2 is 1.32 bits per heavy atom. The molecule has 0 unspecified atom stereocenters. The van der Waals surface area contributed by atoms with Gasteiger partial charge in [-0.25, -0.2) is 13.2 Å². The highest BCUT2D eigenvalue weighted by atomic mass is 19.4. The van der Waals surface area contributed by atoms with Gasteiger partial charge in [-0.05, 0) is 65.1 Å². The fourth-order valence-corrected chi connectivity index (χ4v) is 4.04. The van der Waals surface area contributed by atoms with E-state index >= 15 is 0 Å². The largest absolute Gasteiger partial charge is 0.573 e. The summed E-state index contributed by atoms with van der Waals surface area (Å²) in [6, 6.07) is 16.6. The second-order valence-corrected chi connectivity index (χ2v) is 9.02. The quantitative estimate of drug-likeness (QED) is 0.184. The molecular weight excluding hydrogens is 556 g/mol. The molecule has 0 amide bonds. The minimum atomic E-state index is -5.12. The van der Waals surface area contributed by atoms with Gasteiger partial charge in [-0.1, -0.05) is 55.8 Å². The van der Waals surface area contributed by atoms with Crippen LogP contribution in [0.5, 0.6) is 11.5 Å². The van der Waals surface area contributed by atoms with E-state index in [0.717, 1.165) is 48.2 Å². The first-order valence-electron chi connectivity index (χ1n) is 12.3. The van der Waals surface area contributed by atoms with Crippen molar-refractivity contribution in [1.29, 1.82) is 0 Å². The highest BCUT2D eigenvalue weighted by Crippen LogP contribution is 2.33. The Morgan fingerprint density at radius 1 is 0.659 bits per heavy atom. The number of benzene rings is 4. The second kappa shape index (κ2) is 12.0. The van der Waals surface area contributed by atoms with Crippen LogP contribution < -0.4 is 9.47 Å². The molecule has 0 N–H and O–H groups in total. The van der Waals surface area contributed by atoms with Crippen molar-refractivity contribution >= 4 is 6.08 Å². The molecule has 0 radical (unpaired) electrons. The molecule has 4 aromatic rings. The molecule has 214 valence electrons. The molecule has 2 nitrogen and oxygen atoms in total. The van der Waals surface area contributed by atoms with Crippen molar-refractivity contribution in [3.63, 3.8) is 0 Å². The maximum atomic E-state index is 14.7. The molecule has 0 bridgehead atoms. The highest BCUT2D eigenvalue weighted by molar-refractivity contribution is 5.67. The van der Waals surface area contributed by atoms with E-state index in [1.54, 1.807) is 6.07 Å². The fourth-order valence-electron chi connectivity index (χ4n) is 4.04. The number of rotatable bonds is 9. The summed E-state index contributed by atoms with van der Waals surface area (Å²) in [5.74, 6) is -4.95. The lowest BCUT2D eigenvalue weighted by atomic mass is 10.0. The van der Waals surface area contributed by atoms with Gasteiger partial charge in [-0.3, -0.25) is 0 Å². The molecule has 4 rings (SSSR count). The average molecular weight is 578 g/mol. The van der Waals surface area contributed by atoms with Gasteiger partial charge < -0.3 is 9.47 Å². The zero-order chi connectivity index (χ0) is 29.8. The average Bonchev–Trinajstić information content (AvgIpc) is 2.89. The van der Waals surface area contributed by atoms with Gasteiger partial charge >= 0.3 is 12.5 Å². The second-order valence-electron chi connectivity index (χ2n) is 9.02. The van der Waals surface area contributed by atoms with Crippen molar-refractivity contribution in [2.75, 3.05) is 0 Å². The lowest BCUT2D eigenvalue weighted by Crippen LogP contribution is -2.21. The van der Waals surface area contributed by atoms with Gasteiger partial charge in [0, 0.05) is 23.3 Å². The number of hydrogen-bond donors (Lipinski definition) is 0. The SMILES string of the molecule is CCCc1ccc(-c2ccc(/C=C/C(F)(F)Oc3ccc(-c4ccc(OC(F)(F)F)c(F)c4)c(F)c3)c(F)c2)cc1. The number of alkyl halides is 5. The summed E-state index contributed by atoms with van der Waals surface area (Å²) in [6.07, 6.45) is -6.03. The third kappa shape index (κ3) is 7.87. The smallest absolute Gasteiger partial charge is 0.429 e. The van der Waals surface area contributed by atoms with E-state index < -0.39 is 41.4 Å². The Labute approximate surface area is 230 Å². The zero-order valence-corrected chi connectivity index (χ0v) is 21.4. The Kier molecular flexibility index (Phi) is 8.70. The van der Waals surface area contributed by atoms with E-state index in [0.29, 0.717) is 29.8 Å². The third-order valence-electron chi connectivity index (χ3n) is 5.95. The van der Waals surface area contributed by atoms with Crippen LogP contribution in [0.3, 0.4) is 0 Å². The number of aryl methyl sites for hydroxylation is 1. The van der Waals surface area contributed by atoms with Crippen LogP contribution >= 0.6 is 0 Å². The van der Waals surface area contributed by atoms with Crippen LogP contribution in [0.2, 0.25) is 0 Å². The molecule has 10 heteroatoms. The maximum absolute atomic E-state index is 14.7. The van der Waals surface area contributed by atoms with Crippen LogP contribution in [-0.2, 0) is 6.42 Å². The third-order valence-corrected chi connectivity index (χ3v) is 5.95. The van der Waals surface area contributed by atoms with Gasteiger partial charge in [0.25, 0.3) is 0 Å². The molecule has 0 spiro atoms. The predicted molar refractivity (Wildman–Crippen MR) is 139 cm³/mol. The van der Waals surface area contributed by atoms with E-state index in [-0.39, 0.29) is 16.7 Å². The molecule has 0 aliphatic carbocycles. The Balaban J connectivity index is 1.45. The summed E-state index contributed by atoms with van der Waals surface area (Å²) in [4.78, 5) is 0. The van der Waals surface area contributed by atoms with Gasteiger partial charge in [0.05, 0.1) is 0 Å². The fraction of sp³-hybridized carbons (Fsp3) is 0.161. The monoisotopic (exact) mass is 578 g/mol. The minimum absolute atomic E-state index is 0.124. The summed E-state index contributed by atoms with van der Waals surface area (Å²) in [6.45, 7) is 2.06. The molecule has 0 aliphatic rings. The van der Waals surface area contributed by atoms with E-state index in [2.05, 4.69) is 16.4 Å². The van der Waals surface area contributed by atoms with Gasteiger partial charge in [0.1, 0.15) is 17.4 Å². The normalized spacial score (nSPS) is 12.1. The molecule has 0 saturated carbocycles. The van der Waals surface area contributed by atoms with Crippen LogP contribution in [0.15, 0.2) is 84.9 Å². The standard InChI is InChI=1S/C31H22F8O2/c1-2-3-19-4-6-20(7-5-19)22-9-8-21(26(32)16-22)14-15-30(35,36)40-24-11-12-25(27(33)18-24)23-10-13-29(28(34)17-23)41-31(37,38)39/h4-18H,2-3H2,1H3/b15-14+. The summed E-state index contributed by atoms with van der Waals surface area (Å²) >= 11 is 0. The first-order valence-corrected chi connectivity index (χ1v) is 12.3. The molecule has 0 fully saturated rings. The topological polar surface area (TPSA) is 18.5 Å². The Morgan fingerprint density at radius 3 is 1.93 bits per heavy atom. The molecule has 4 aromatic carbocycles. The van der Waals surface area contributed by atoms with Crippen LogP contribution in [0.4, 0.5) is 35.1 Å². The van der Waals surface area contributed by atoms with E-state index in [4.69, 9.17) is 0 Å². The number of ether oxygens (including phenoxy) is 2. The first-order chi connectivity index (χ1) is 19.3. The van der Waals surface area contributed by atoms with Crippen LogP contribution in [0, 0.1) is 17.5 Å². The van der Waals surface area contributed by atoms with Crippen molar-refractivity contribution in [1.82, 2.24) is 0 Å². The zero-order valence-electron chi connectivity index (χ0n) is 21.4. The Bertz CT molecular complexity index is 1540. The predicted octanol–water partition coefficient (Wildman–Crippen LogP) is 9.97. The first kappa shape index (κ1) is 29.6. The van der Waals surface area contributed by atoms with E-state index in [1.807, 2.05) is 24.3 Å². The molecule has 41 heavy (non-hydrogen) atoms. The summed E-state index contributed by atoms with van der Waals surface area (Å²) < 4.78 is 117. The van der Waals surface area contributed by atoms with Gasteiger partial charge in [0.2, 0.25) is 0 Å². The van der Waals surface area contributed by atoms with Crippen LogP contribution in [0.25, 0.3) is 28.3 Å². The molecule has 0 saturated heterocycles. The molecular formula is C31H22F8O2. The van der Waals surface area contributed by atoms with Crippen LogP contribution in [-0.4, -0.2) is 12.5 Å². The lowest BCUT2D eigenvalue weighted by molar-refractivity contribution is -0.275. The lowest BCUT2D eigenvalue weighted by Gasteiger charge is -2.15. The van der Waals surface area contributed by atoms with Gasteiger partial charge in [-0.2, -0.15) is 8.78 Å². The number of hydrogen-bond acceptors (Lipinski definition) is 2. The molecule has 0 atom stereocenters.